The van der Waals surface area contributed by atoms with Crippen LogP contribution in [0.1, 0.15) is 43.0 Å². The minimum absolute atomic E-state index is 0.0789. The van der Waals surface area contributed by atoms with Gasteiger partial charge in [0, 0.05) is 29.0 Å². The summed E-state index contributed by atoms with van der Waals surface area (Å²) in [7, 11) is 0. The number of rotatable bonds is 4. The third-order valence-electron chi connectivity index (χ3n) is 3.76. The molecule has 0 unspecified atom stereocenters. The lowest BCUT2D eigenvalue weighted by atomic mass is 10.1. The van der Waals surface area contributed by atoms with Crippen molar-refractivity contribution in [1.82, 2.24) is 14.8 Å². The van der Waals surface area contributed by atoms with Crippen molar-refractivity contribution in [2.75, 3.05) is 0 Å². The van der Waals surface area contributed by atoms with E-state index in [0.717, 1.165) is 40.4 Å². The van der Waals surface area contributed by atoms with E-state index in [2.05, 4.69) is 30.7 Å². The van der Waals surface area contributed by atoms with E-state index in [0.29, 0.717) is 6.61 Å². The number of nitrogens with zero attached hydrogens (tertiary/aromatic N) is 3. The van der Waals surface area contributed by atoms with E-state index in [1.165, 1.54) is 12.8 Å². The van der Waals surface area contributed by atoms with Crippen LogP contribution in [-0.4, -0.2) is 14.8 Å². The van der Waals surface area contributed by atoms with Crippen molar-refractivity contribution < 1.29 is 4.74 Å². The molecule has 0 aliphatic carbocycles. The molecule has 0 fully saturated rings. The summed E-state index contributed by atoms with van der Waals surface area (Å²) < 4.78 is 9.12. The lowest BCUT2D eigenvalue weighted by Crippen LogP contribution is -2.15. The molecule has 0 spiro atoms. The molecule has 112 valence electrons. The zero-order valence-electron chi connectivity index (χ0n) is 12.1. The summed E-state index contributed by atoms with van der Waals surface area (Å²) in [6.07, 6.45) is 3.39. The van der Waals surface area contributed by atoms with Crippen LogP contribution >= 0.6 is 15.9 Å². The third kappa shape index (κ3) is 3.11. The molecule has 1 aromatic carbocycles. The van der Waals surface area contributed by atoms with E-state index in [9.17, 15) is 0 Å². The zero-order chi connectivity index (χ0) is 14.8. The fraction of sp³-hybridized carbons (Fsp3) is 0.467. The van der Waals surface area contributed by atoms with Crippen LogP contribution in [0.4, 0.5) is 0 Å². The van der Waals surface area contributed by atoms with Crippen molar-refractivity contribution in [2.45, 2.75) is 45.4 Å². The number of aryl methyl sites for hydroxylation is 1. The van der Waals surface area contributed by atoms with Gasteiger partial charge >= 0.3 is 0 Å². The van der Waals surface area contributed by atoms with Gasteiger partial charge in [-0.05, 0) is 38.0 Å². The minimum atomic E-state index is -0.0789. The maximum Gasteiger partial charge on any atom is 0.171 e. The van der Waals surface area contributed by atoms with Crippen LogP contribution in [0.25, 0.3) is 0 Å². The van der Waals surface area contributed by atoms with Gasteiger partial charge in [0.05, 0.1) is 0 Å². The Morgan fingerprint density at radius 1 is 1.38 bits per heavy atom. The van der Waals surface area contributed by atoms with Crippen molar-refractivity contribution in [3.63, 3.8) is 0 Å². The van der Waals surface area contributed by atoms with Crippen molar-refractivity contribution in [3.05, 3.63) is 39.9 Å². The molecule has 5 nitrogen and oxygen atoms in total. The van der Waals surface area contributed by atoms with Gasteiger partial charge in [0.1, 0.15) is 18.2 Å². The summed E-state index contributed by atoms with van der Waals surface area (Å²) >= 11 is 3.47. The monoisotopic (exact) mass is 350 g/mol. The number of benzene rings is 1. The van der Waals surface area contributed by atoms with Gasteiger partial charge in [0.15, 0.2) is 5.82 Å². The van der Waals surface area contributed by atoms with Gasteiger partial charge < -0.3 is 15.0 Å². The van der Waals surface area contributed by atoms with Gasteiger partial charge in [-0.1, -0.05) is 15.9 Å². The summed E-state index contributed by atoms with van der Waals surface area (Å²) in [6.45, 7) is 3.36. The lowest BCUT2D eigenvalue weighted by molar-refractivity contribution is 0.282. The van der Waals surface area contributed by atoms with Crippen LogP contribution in [0.5, 0.6) is 5.75 Å². The molecule has 21 heavy (non-hydrogen) atoms. The number of halogens is 1. The second kappa shape index (κ2) is 6.15. The first-order valence-electron chi connectivity index (χ1n) is 7.24. The SMILES string of the molecule is C[C@@H](N)c1cc(Br)ccc1OCc1nnc2n1CCCC2. The molecule has 1 aromatic heterocycles. The Hall–Kier alpha value is -1.40. The van der Waals surface area contributed by atoms with E-state index in [1.807, 2.05) is 25.1 Å². The molecule has 0 saturated carbocycles. The number of ether oxygens (including phenoxy) is 1. The maximum atomic E-state index is 6.01. The highest BCUT2D eigenvalue weighted by Crippen LogP contribution is 2.28. The van der Waals surface area contributed by atoms with Crippen molar-refractivity contribution in [1.29, 1.82) is 0 Å². The summed E-state index contributed by atoms with van der Waals surface area (Å²) in [4.78, 5) is 0. The predicted molar refractivity (Wildman–Crippen MR) is 84.0 cm³/mol. The predicted octanol–water partition coefficient (Wildman–Crippen LogP) is 2.98. The van der Waals surface area contributed by atoms with Crippen LogP contribution < -0.4 is 10.5 Å². The largest absolute Gasteiger partial charge is 0.485 e. The summed E-state index contributed by atoms with van der Waals surface area (Å²) in [5, 5.41) is 8.49. The average molecular weight is 351 g/mol. The quantitative estimate of drug-likeness (QED) is 0.920. The van der Waals surface area contributed by atoms with E-state index in [1.54, 1.807) is 0 Å². The summed E-state index contributed by atoms with van der Waals surface area (Å²) in [6, 6.07) is 5.82. The Morgan fingerprint density at radius 3 is 3.05 bits per heavy atom. The minimum Gasteiger partial charge on any atom is -0.485 e. The molecule has 2 heterocycles. The molecule has 0 bridgehead atoms. The third-order valence-corrected chi connectivity index (χ3v) is 4.25. The Bertz CT molecular complexity index is 639. The standard InChI is InChI=1S/C15H19BrN4O/c1-10(17)12-8-11(16)5-6-13(12)21-9-15-19-18-14-4-2-3-7-20(14)15/h5-6,8,10H,2-4,7,9,17H2,1H3/t10-/m1/s1. The molecule has 6 heteroatoms. The van der Waals surface area contributed by atoms with Gasteiger partial charge in [-0.2, -0.15) is 0 Å². The molecule has 0 amide bonds. The first-order valence-corrected chi connectivity index (χ1v) is 8.03. The molecule has 1 aliphatic heterocycles. The molecular weight excluding hydrogens is 332 g/mol. The highest BCUT2D eigenvalue weighted by molar-refractivity contribution is 9.10. The molecule has 1 aliphatic rings. The Morgan fingerprint density at radius 2 is 2.24 bits per heavy atom. The molecular formula is C15H19BrN4O. The highest BCUT2D eigenvalue weighted by Gasteiger charge is 2.17. The molecule has 2 aromatic rings. The topological polar surface area (TPSA) is 66.0 Å². The molecule has 3 rings (SSSR count). The molecule has 0 radical (unpaired) electrons. The maximum absolute atomic E-state index is 6.01. The average Bonchev–Trinajstić information content (AvgIpc) is 2.89. The Kier molecular flexibility index (Phi) is 4.26. The second-order valence-corrected chi connectivity index (χ2v) is 6.32. The van der Waals surface area contributed by atoms with Gasteiger partial charge in [0.2, 0.25) is 0 Å². The summed E-state index contributed by atoms with van der Waals surface area (Å²) in [5.74, 6) is 2.77. The number of hydrogen-bond acceptors (Lipinski definition) is 4. The smallest absolute Gasteiger partial charge is 0.171 e. The molecule has 1 atom stereocenters. The summed E-state index contributed by atoms with van der Waals surface area (Å²) in [5.41, 5.74) is 7.00. The van der Waals surface area contributed by atoms with Gasteiger partial charge in [0.25, 0.3) is 0 Å². The van der Waals surface area contributed by atoms with E-state index < -0.39 is 0 Å². The molecule has 0 saturated heterocycles. The van der Waals surface area contributed by atoms with E-state index >= 15 is 0 Å². The number of fused-ring (bicyclic) bond motifs is 1. The van der Waals surface area contributed by atoms with Crippen LogP contribution in [0.3, 0.4) is 0 Å². The fourth-order valence-electron chi connectivity index (χ4n) is 2.62. The van der Waals surface area contributed by atoms with Crippen molar-refractivity contribution in [2.24, 2.45) is 5.73 Å². The fourth-order valence-corrected chi connectivity index (χ4v) is 3.00. The van der Waals surface area contributed by atoms with Gasteiger partial charge in [-0.25, -0.2) is 0 Å². The van der Waals surface area contributed by atoms with Crippen LogP contribution in [0.15, 0.2) is 22.7 Å². The lowest BCUT2D eigenvalue weighted by Gasteiger charge is -2.17. The first-order chi connectivity index (χ1) is 10.1. The normalized spacial score (nSPS) is 15.6. The van der Waals surface area contributed by atoms with E-state index in [-0.39, 0.29) is 6.04 Å². The van der Waals surface area contributed by atoms with Crippen LogP contribution in [-0.2, 0) is 19.6 Å². The van der Waals surface area contributed by atoms with Crippen molar-refractivity contribution >= 4 is 15.9 Å². The van der Waals surface area contributed by atoms with E-state index in [4.69, 9.17) is 10.5 Å². The Balaban J connectivity index is 1.77. The number of nitrogens with two attached hydrogens (primary N) is 1. The van der Waals surface area contributed by atoms with Crippen LogP contribution in [0, 0.1) is 0 Å². The number of hydrogen-bond donors (Lipinski definition) is 1. The second-order valence-electron chi connectivity index (χ2n) is 5.40. The molecule has 2 N–H and O–H groups in total. The highest BCUT2D eigenvalue weighted by atomic mass is 79.9. The van der Waals surface area contributed by atoms with Gasteiger partial charge in [-0.3, -0.25) is 0 Å². The zero-order valence-corrected chi connectivity index (χ0v) is 13.6. The van der Waals surface area contributed by atoms with Crippen molar-refractivity contribution in [3.8, 4) is 5.75 Å². The Labute approximate surface area is 132 Å². The van der Waals surface area contributed by atoms with Crippen LogP contribution in [0.2, 0.25) is 0 Å². The number of aromatic nitrogens is 3. The first kappa shape index (κ1) is 14.5. The van der Waals surface area contributed by atoms with Gasteiger partial charge in [-0.15, -0.1) is 10.2 Å².